The normalized spacial score (nSPS) is 34.1. The van der Waals surface area contributed by atoms with Crippen LogP contribution in [0.3, 0.4) is 0 Å². The fourth-order valence-electron chi connectivity index (χ4n) is 7.15. The SMILES string of the molecule is C=CCC1CCC(C2CCC(c3ccc(F)c(F)c3)(C3CCCCC3)CC2)CC1. The summed E-state index contributed by atoms with van der Waals surface area (Å²) in [5.41, 5.74) is 1.15. The van der Waals surface area contributed by atoms with Crippen LogP contribution in [0.1, 0.15) is 95.5 Å². The van der Waals surface area contributed by atoms with E-state index in [2.05, 4.69) is 12.7 Å². The lowest BCUT2D eigenvalue weighted by molar-refractivity contribution is 0.0852. The van der Waals surface area contributed by atoms with Gasteiger partial charge in [0.15, 0.2) is 11.6 Å². The van der Waals surface area contributed by atoms with Crippen LogP contribution in [0.2, 0.25) is 0 Å². The lowest BCUT2D eigenvalue weighted by Crippen LogP contribution is -2.41. The highest BCUT2D eigenvalue weighted by Crippen LogP contribution is 2.53. The molecule has 0 spiro atoms. The van der Waals surface area contributed by atoms with Gasteiger partial charge >= 0.3 is 0 Å². The van der Waals surface area contributed by atoms with Crippen LogP contribution in [0, 0.1) is 35.3 Å². The van der Waals surface area contributed by atoms with Crippen molar-refractivity contribution in [3.8, 4) is 0 Å². The summed E-state index contributed by atoms with van der Waals surface area (Å²) in [7, 11) is 0. The smallest absolute Gasteiger partial charge is 0.159 e. The zero-order valence-corrected chi connectivity index (χ0v) is 18.0. The van der Waals surface area contributed by atoms with Gasteiger partial charge in [-0.05, 0) is 117 Å². The van der Waals surface area contributed by atoms with Gasteiger partial charge in [0, 0.05) is 0 Å². The zero-order valence-electron chi connectivity index (χ0n) is 18.0. The third kappa shape index (κ3) is 4.47. The molecule has 3 fully saturated rings. The summed E-state index contributed by atoms with van der Waals surface area (Å²) >= 11 is 0. The first-order valence-electron chi connectivity index (χ1n) is 12.2. The summed E-state index contributed by atoms with van der Waals surface area (Å²) in [6.45, 7) is 3.91. The van der Waals surface area contributed by atoms with Gasteiger partial charge in [0.1, 0.15) is 0 Å². The Balaban J connectivity index is 1.48. The molecule has 0 heterocycles. The van der Waals surface area contributed by atoms with E-state index in [1.165, 1.54) is 102 Å². The van der Waals surface area contributed by atoms with Crippen LogP contribution in [0.4, 0.5) is 8.78 Å². The molecule has 0 radical (unpaired) electrons. The van der Waals surface area contributed by atoms with Crippen LogP contribution >= 0.6 is 0 Å². The number of hydrogen-bond acceptors (Lipinski definition) is 0. The Morgan fingerprint density at radius 1 is 0.828 bits per heavy atom. The molecule has 29 heavy (non-hydrogen) atoms. The Bertz CT molecular complexity index is 672. The van der Waals surface area contributed by atoms with Crippen LogP contribution in [-0.4, -0.2) is 0 Å². The van der Waals surface area contributed by atoms with Crippen molar-refractivity contribution in [2.75, 3.05) is 0 Å². The number of benzene rings is 1. The number of halogens is 2. The summed E-state index contributed by atoms with van der Waals surface area (Å²) in [5.74, 6) is 1.84. The van der Waals surface area contributed by atoms with E-state index >= 15 is 0 Å². The quantitative estimate of drug-likeness (QED) is 0.436. The molecule has 0 aliphatic heterocycles. The summed E-state index contributed by atoms with van der Waals surface area (Å²) in [5, 5.41) is 0. The third-order valence-electron chi connectivity index (χ3n) is 8.86. The van der Waals surface area contributed by atoms with Crippen LogP contribution in [0.25, 0.3) is 0 Å². The van der Waals surface area contributed by atoms with Gasteiger partial charge in [0.05, 0.1) is 0 Å². The molecule has 0 N–H and O–H groups in total. The van der Waals surface area contributed by atoms with Crippen molar-refractivity contribution >= 4 is 0 Å². The van der Waals surface area contributed by atoms with Gasteiger partial charge in [-0.15, -0.1) is 6.58 Å². The topological polar surface area (TPSA) is 0 Å². The fraction of sp³-hybridized carbons (Fsp3) is 0.704. The van der Waals surface area contributed by atoms with E-state index in [-0.39, 0.29) is 5.41 Å². The van der Waals surface area contributed by atoms with Gasteiger partial charge in [-0.1, -0.05) is 31.4 Å². The number of hydrogen-bond donors (Lipinski definition) is 0. The molecular weight excluding hydrogens is 362 g/mol. The molecular formula is C27H38F2. The first-order valence-corrected chi connectivity index (χ1v) is 12.2. The molecule has 1 aromatic carbocycles. The van der Waals surface area contributed by atoms with Gasteiger partial charge in [-0.3, -0.25) is 0 Å². The molecule has 3 saturated carbocycles. The molecule has 0 aromatic heterocycles. The van der Waals surface area contributed by atoms with E-state index in [1.54, 1.807) is 0 Å². The van der Waals surface area contributed by atoms with E-state index in [0.29, 0.717) is 5.92 Å². The minimum atomic E-state index is -0.711. The minimum Gasteiger partial charge on any atom is -0.204 e. The van der Waals surface area contributed by atoms with Crippen molar-refractivity contribution in [2.24, 2.45) is 23.7 Å². The second-order valence-corrected chi connectivity index (χ2v) is 10.3. The second-order valence-electron chi connectivity index (χ2n) is 10.3. The van der Waals surface area contributed by atoms with Gasteiger partial charge in [-0.25, -0.2) is 8.78 Å². The molecule has 0 unspecified atom stereocenters. The average Bonchev–Trinajstić information content (AvgIpc) is 2.77. The summed E-state index contributed by atoms with van der Waals surface area (Å²) in [4.78, 5) is 0. The Morgan fingerprint density at radius 3 is 2.10 bits per heavy atom. The average molecular weight is 401 g/mol. The maximum atomic E-state index is 14.2. The van der Waals surface area contributed by atoms with Gasteiger partial charge in [0.2, 0.25) is 0 Å². The molecule has 0 saturated heterocycles. The first-order chi connectivity index (χ1) is 14.1. The number of rotatable bonds is 5. The fourth-order valence-corrected chi connectivity index (χ4v) is 7.15. The van der Waals surface area contributed by atoms with Crippen molar-refractivity contribution in [3.63, 3.8) is 0 Å². The van der Waals surface area contributed by atoms with Crippen LogP contribution in [-0.2, 0) is 5.41 Å². The second kappa shape index (κ2) is 9.31. The van der Waals surface area contributed by atoms with Gasteiger partial charge in [-0.2, -0.15) is 0 Å². The summed E-state index contributed by atoms with van der Waals surface area (Å²) in [6, 6.07) is 4.79. The van der Waals surface area contributed by atoms with E-state index in [1.807, 2.05) is 6.07 Å². The Morgan fingerprint density at radius 2 is 1.48 bits per heavy atom. The van der Waals surface area contributed by atoms with Crippen LogP contribution in [0.5, 0.6) is 0 Å². The highest BCUT2D eigenvalue weighted by atomic mass is 19.2. The van der Waals surface area contributed by atoms with E-state index in [9.17, 15) is 8.78 Å². The summed E-state index contributed by atoms with van der Waals surface area (Å²) < 4.78 is 27.8. The van der Waals surface area contributed by atoms with E-state index in [0.717, 1.165) is 23.3 Å². The maximum Gasteiger partial charge on any atom is 0.159 e. The van der Waals surface area contributed by atoms with E-state index < -0.39 is 11.6 Å². The molecule has 160 valence electrons. The monoisotopic (exact) mass is 400 g/mol. The Kier molecular flexibility index (Phi) is 6.76. The van der Waals surface area contributed by atoms with E-state index in [4.69, 9.17) is 0 Å². The zero-order chi connectivity index (χ0) is 20.3. The van der Waals surface area contributed by atoms with Crippen molar-refractivity contribution < 1.29 is 8.78 Å². The molecule has 3 aliphatic carbocycles. The van der Waals surface area contributed by atoms with Crippen molar-refractivity contribution in [2.45, 2.75) is 95.3 Å². The van der Waals surface area contributed by atoms with Crippen molar-refractivity contribution in [3.05, 3.63) is 48.1 Å². The van der Waals surface area contributed by atoms with Gasteiger partial charge in [0.25, 0.3) is 0 Å². The largest absolute Gasteiger partial charge is 0.204 e. The standard InChI is InChI=1S/C27H38F2/c1-2-6-20-9-11-21(12-10-20)22-15-17-27(18-16-22,23-7-4-3-5-8-23)24-13-14-25(28)26(29)19-24/h2,13-14,19-23H,1,3-12,15-18H2. The molecule has 2 heteroatoms. The Labute approximate surface area is 176 Å². The number of allylic oxidation sites excluding steroid dienone is 1. The highest BCUT2D eigenvalue weighted by Gasteiger charge is 2.45. The third-order valence-corrected chi connectivity index (χ3v) is 8.86. The van der Waals surface area contributed by atoms with Gasteiger partial charge < -0.3 is 0 Å². The first kappa shape index (κ1) is 21.1. The highest BCUT2D eigenvalue weighted by molar-refractivity contribution is 5.29. The van der Waals surface area contributed by atoms with Crippen LogP contribution in [0.15, 0.2) is 30.9 Å². The minimum absolute atomic E-state index is 0.0749. The molecule has 4 rings (SSSR count). The van der Waals surface area contributed by atoms with Crippen LogP contribution < -0.4 is 0 Å². The molecule has 0 bridgehead atoms. The lowest BCUT2D eigenvalue weighted by Gasteiger charge is -2.49. The van der Waals surface area contributed by atoms with Crippen molar-refractivity contribution in [1.82, 2.24) is 0 Å². The predicted octanol–water partition coefficient (Wildman–Crippen LogP) is 8.36. The maximum absolute atomic E-state index is 14.2. The molecule has 0 nitrogen and oxygen atoms in total. The summed E-state index contributed by atoms with van der Waals surface area (Å²) in [6.07, 6.45) is 20.1. The molecule has 1 aromatic rings. The lowest BCUT2D eigenvalue weighted by atomic mass is 9.55. The molecule has 3 aliphatic rings. The predicted molar refractivity (Wildman–Crippen MR) is 117 cm³/mol. The molecule has 0 atom stereocenters. The molecule has 0 amide bonds. The van der Waals surface area contributed by atoms with Crippen molar-refractivity contribution in [1.29, 1.82) is 0 Å². The Hall–Kier alpha value is -1.18.